The highest BCUT2D eigenvalue weighted by Crippen LogP contribution is 2.21. The second-order valence-corrected chi connectivity index (χ2v) is 2.79. The van der Waals surface area contributed by atoms with Crippen LogP contribution in [0.4, 0.5) is 4.39 Å². The van der Waals surface area contributed by atoms with E-state index in [9.17, 15) is 4.39 Å². The maximum absolute atomic E-state index is 12.9. The molecule has 1 aliphatic carbocycles. The number of hydrogen-bond acceptors (Lipinski definition) is 0. The fourth-order valence-corrected chi connectivity index (χ4v) is 1.21. The standard InChI is InChI=1S/C9H13F/c1-3-8-6-7(2)4-5-9(8)10/h4-6,8-9H,3H2,1-2H3. The molecule has 0 aromatic carbocycles. The second kappa shape index (κ2) is 3.00. The van der Waals surface area contributed by atoms with Crippen molar-refractivity contribution in [2.24, 2.45) is 5.92 Å². The predicted molar refractivity (Wildman–Crippen MR) is 41.6 cm³/mol. The van der Waals surface area contributed by atoms with E-state index >= 15 is 0 Å². The van der Waals surface area contributed by atoms with Gasteiger partial charge in [-0.15, -0.1) is 0 Å². The van der Waals surface area contributed by atoms with Gasteiger partial charge in [0.15, 0.2) is 0 Å². The van der Waals surface area contributed by atoms with Crippen LogP contribution in [0.15, 0.2) is 23.8 Å². The molecule has 1 heteroatoms. The van der Waals surface area contributed by atoms with E-state index in [1.54, 1.807) is 6.08 Å². The fraction of sp³-hybridized carbons (Fsp3) is 0.556. The van der Waals surface area contributed by atoms with E-state index < -0.39 is 6.17 Å². The topological polar surface area (TPSA) is 0 Å². The number of alkyl halides is 1. The Morgan fingerprint density at radius 2 is 2.30 bits per heavy atom. The summed E-state index contributed by atoms with van der Waals surface area (Å²) < 4.78 is 12.9. The van der Waals surface area contributed by atoms with Gasteiger partial charge in [-0.25, -0.2) is 4.39 Å². The largest absolute Gasteiger partial charge is 0.242 e. The van der Waals surface area contributed by atoms with Crippen LogP contribution in [0.5, 0.6) is 0 Å². The Hall–Kier alpha value is -0.590. The maximum atomic E-state index is 12.9. The molecule has 0 aromatic heterocycles. The molecule has 1 rings (SSSR count). The van der Waals surface area contributed by atoms with Crippen molar-refractivity contribution < 1.29 is 4.39 Å². The minimum Gasteiger partial charge on any atom is -0.242 e. The van der Waals surface area contributed by atoms with E-state index in [4.69, 9.17) is 0 Å². The molecule has 0 amide bonds. The van der Waals surface area contributed by atoms with Gasteiger partial charge in [-0.05, 0) is 19.4 Å². The number of hydrogen-bond donors (Lipinski definition) is 0. The van der Waals surface area contributed by atoms with E-state index in [-0.39, 0.29) is 5.92 Å². The van der Waals surface area contributed by atoms with Gasteiger partial charge < -0.3 is 0 Å². The summed E-state index contributed by atoms with van der Waals surface area (Å²) in [7, 11) is 0. The molecule has 0 aliphatic heterocycles. The van der Waals surface area contributed by atoms with Gasteiger partial charge in [0.1, 0.15) is 6.17 Å². The lowest BCUT2D eigenvalue weighted by molar-refractivity contribution is 0.311. The Morgan fingerprint density at radius 3 is 2.80 bits per heavy atom. The SMILES string of the molecule is CCC1C=C(C)C=CC1F. The van der Waals surface area contributed by atoms with E-state index in [0.717, 1.165) is 6.42 Å². The Kier molecular flexibility index (Phi) is 2.25. The van der Waals surface area contributed by atoms with Crippen LogP contribution < -0.4 is 0 Å². The van der Waals surface area contributed by atoms with Gasteiger partial charge in [-0.2, -0.15) is 0 Å². The van der Waals surface area contributed by atoms with E-state index in [1.807, 2.05) is 26.0 Å². The van der Waals surface area contributed by atoms with Crippen LogP contribution in [0.3, 0.4) is 0 Å². The smallest absolute Gasteiger partial charge is 0.125 e. The summed E-state index contributed by atoms with van der Waals surface area (Å²) in [6, 6.07) is 0. The molecule has 0 saturated heterocycles. The van der Waals surface area contributed by atoms with Crippen molar-refractivity contribution in [1.29, 1.82) is 0 Å². The first-order valence-corrected chi connectivity index (χ1v) is 3.74. The van der Waals surface area contributed by atoms with Crippen LogP contribution in [-0.2, 0) is 0 Å². The first-order chi connectivity index (χ1) is 4.74. The molecule has 0 heterocycles. The molecular formula is C9H13F. The summed E-state index contributed by atoms with van der Waals surface area (Å²) >= 11 is 0. The molecule has 56 valence electrons. The molecule has 2 unspecified atom stereocenters. The van der Waals surface area contributed by atoms with E-state index in [2.05, 4.69) is 0 Å². The summed E-state index contributed by atoms with van der Waals surface area (Å²) in [5.74, 6) is 0.116. The van der Waals surface area contributed by atoms with E-state index in [0.29, 0.717) is 0 Å². The Labute approximate surface area is 61.4 Å². The number of halogens is 1. The molecule has 0 nitrogen and oxygen atoms in total. The highest BCUT2D eigenvalue weighted by molar-refractivity contribution is 5.24. The van der Waals surface area contributed by atoms with Gasteiger partial charge >= 0.3 is 0 Å². The molecule has 0 spiro atoms. The molecule has 10 heavy (non-hydrogen) atoms. The van der Waals surface area contributed by atoms with Crippen molar-refractivity contribution in [2.75, 3.05) is 0 Å². The highest BCUT2D eigenvalue weighted by Gasteiger charge is 2.16. The second-order valence-electron chi connectivity index (χ2n) is 2.79. The lowest BCUT2D eigenvalue weighted by atomic mass is 9.93. The van der Waals surface area contributed by atoms with Gasteiger partial charge in [0.25, 0.3) is 0 Å². The number of allylic oxidation sites excluding steroid dienone is 4. The third-order valence-corrected chi connectivity index (χ3v) is 1.90. The molecule has 0 radical (unpaired) electrons. The third-order valence-electron chi connectivity index (χ3n) is 1.90. The van der Waals surface area contributed by atoms with Crippen LogP contribution in [0.2, 0.25) is 0 Å². The minimum atomic E-state index is -0.756. The highest BCUT2D eigenvalue weighted by atomic mass is 19.1. The molecule has 0 N–H and O–H groups in total. The molecule has 2 atom stereocenters. The fourth-order valence-electron chi connectivity index (χ4n) is 1.21. The summed E-state index contributed by atoms with van der Waals surface area (Å²) in [5, 5.41) is 0. The van der Waals surface area contributed by atoms with E-state index in [1.165, 1.54) is 5.57 Å². The first-order valence-electron chi connectivity index (χ1n) is 3.74. The summed E-state index contributed by atoms with van der Waals surface area (Å²) in [6.07, 6.45) is 5.63. The first kappa shape index (κ1) is 7.52. The zero-order chi connectivity index (χ0) is 7.56. The lowest BCUT2D eigenvalue weighted by Crippen LogP contribution is -2.13. The summed E-state index contributed by atoms with van der Waals surface area (Å²) in [4.78, 5) is 0. The maximum Gasteiger partial charge on any atom is 0.125 e. The third kappa shape index (κ3) is 1.47. The predicted octanol–water partition coefficient (Wildman–Crippen LogP) is 2.87. The Balaban J connectivity index is 2.67. The van der Waals surface area contributed by atoms with Crippen molar-refractivity contribution in [3.63, 3.8) is 0 Å². The van der Waals surface area contributed by atoms with Crippen LogP contribution >= 0.6 is 0 Å². The zero-order valence-corrected chi connectivity index (χ0v) is 6.47. The quantitative estimate of drug-likeness (QED) is 0.525. The van der Waals surface area contributed by atoms with Crippen molar-refractivity contribution in [3.8, 4) is 0 Å². The molecular weight excluding hydrogens is 127 g/mol. The van der Waals surface area contributed by atoms with Crippen molar-refractivity contribution in [1.82, 2.24) is 0 Å². The van der Waals surface area contributed by atoms with Gasteiger partial charge in [0.05, 0.1) is 0 Å². The molecule has 1 aliphatic rings. The molecule has 0 bridgehead atoms. The molecule has 0 fully saturated rings. The van der Waals surface area contributed by atoms with Gasteiger partial charge in [-0.3, -0.25) is 0 Å². The average Bonchev–Trinajstić information content (AvgIpc) is 1.94. The Bertz CT molecular complexity index is 168. The number of rotatable bonds is 1. The summed E-state index contributed by atoms with van der Waals surface area (Å²) in [6.45, 7) is 4.02. The lowest BCUT2D eigenvalue weighted by Gasteiger charge is -2.16. The van der Waals surface area contributed by atoms with Gasteiger partial charge in [0.2, 0.25) is 0 Å². The molecule has 0 aromatic rings. The van der Waals surface area contributed by atoms with Crippen molar-refractivity contribution >= 4 is 0 Å². The summed E-state index contributed by atoms with van der Waals surface area (Å²) in [5.41, 5.74) is 1.18. The van der Waals surface area contributed by atoms with Gasteiger partial charge in [0, 0.05) is 5.92 Å². The van der Waals surface area contributed by atoms with Crippen molar-refractivity contribution in [3.05, 3.63) is 23.8 Å². The van der Waals surface area contributed by atoms with Crippen LogP contribution in [0, 0.1) is 5.92 Å². The van der Waals surface area contributed by atoms with Crippen molar-refractivity contribution in [2.45, 2.75) is 26.4 Å². The average molecular weight is 140 g/mol. The normalized spacial score (nSPS) is 32.1. The molecule has 0 saturated carbocycles. The van der Waals surface area contributed by atoms with Gasteiger partial charge in [-0.1, -0.05) is 24.6 Å². The van der Waals surface area contributed by atoms with Crippen LogP contribution in [0.1, 0.15) is 20.3 Å². The monoisotopic (exact) mass is 140 g/mol. The van der Waals surface area contributed by atoms with Crippen LogP contribution in [-0.4, -0.2) is 6.17 Å². The Morgan fingerprint density at radius 1 is 1.60 bits per heavy atom. The zero-order valence-electron chi connectivity index (χ0n) is 6.47. The minimum absolute atomic E-state index is 0.116. The van der Waals surface area contributed by atoms with Crippen LogP contribution in [0.25, 0.3) is 0 Å².